The molecular formula is C27H33NO5. The Kier molecular flexibility index (Phi) is 6.63. The van der Waals surface area contributed by atoms with Gasteiger partial charge in [-0.15, -0.1) is 0 Å². The summed E-state index contributed by atoms with van der Waals surface area (Å²) in [7, 11) is 1.42. The number of methoxy groups -OCH3 is 1. The lowest BCUT2D eigenvalue weighted by atomic mass is 9.76. The molecule has 176 valence electrons. The number of carbonyl (C=O) groups is 2. The number of hydrogen-bond donors (Lipinski definition) is 0. The van der Waals surface area contributed by atoms with Crippen molar-refractivity contribution in [1.82, 2.24) is 4.90 Å². The van der Waals surface area contributed by atoms with Gasteiger partial charge in [-0.2, -0.15) is 0 Å². The van der Waals surface area contributed by atoms with Gasteiger partial charge in [0.15, 0.2) is 0 Å². The van der Waals surface area contributed by atoms with Gasteiger partial charge in [0.2, 0.25) is 0 Å². The van der Waals surface area contributed by atoms with Gasteiger partial charge in [0.25, 0.3) is 0 Å². The third kappa shape index (κ3) is 5.15. The van der Waals surface area contributed by atoms with Gasteiger partial charge in [-0.1, -0.05) is 42.5 Å². The number of piperidine rings is 1. The van der Waals surface area contributed by atoms with Crippen LogP contribution in [0.2, 0.25) is 0 Å². The summed E-state index contributed by atoms with van der Waals surface area (Å²) in [5.74, 6) is 0.0730. The highest BCUT2D eigenvalue weighted by molar-refractivity contribution is 5.78. The first-order valence-electron chi connectivity index (χ1n) is 11.6. The van der Waals surface area contributed by atoms with Gasteiger partial charge in [0.1, 0.15) is 18.0 Å². The number of amides is 1. The average Bonchev–Trinajstić information content (AvgIpc) is 3.11. The molecule has 2 fully saturated rings. The normalized spacial score (nSPS) is 24.3. The molecule has 2 aromatic carbocycles. The summed E-state index contributed by atoms with van der Waals surface area (Å²) >= 11 is 0. The minimum Gasteiger partial charge on any atom is -0.489 e. The standard InChI is InChI=1S/C27H33NO5/c1-27(2,3)33-26(30)28-20-12-15-23(28)24(25(29)31-4)22(16-20)19-10-13-21(14-11-19)32-17-18-8-6-5-7-9-18/h5-11,13-14,20,22-24H,12,15-17H2,1-4H3. The first-order chi connectivity index (χ1) is 15.8. The molecule has 2 aliphatic rings. The lowest BCUT2D eigenvalue weighted by Crippen LogP contribution is -2.54. The van der Waals surface area contributed by atoms with Crippen molar-refractivity contribution >= 4 is 12.1 Å². The minimum absolute atomic E-state index is 0.0168. The highest BCUT2D eigenvalue weighted by atomic mass is 16.6. The summed E-state index contributed by atoms with van der Waals surface area (Å²) in [5.41, 5.74) is 1.60. The fourth-order valence-electron chi connectivity index (χ4n) is 5.16. The Balaban J connectivity index is 1.51. The van der Waals surface area contributed by atoms with Crippen molar-refractivity contribution in [2.45, 2.75) is 70.2 Å². The molecule has 2 bridgehead atoms. The lowest BCUT2D eigenvalue weighted by molar-refractivity contribution is -0.150. The van der Waals surface area contributed by atoms with Crippen LogP contribution in [-0.4, -0.2) is 41.8 Å². The summed E-state index contributed by atoms with van der Waals surface area (Å²) in [6.45, 7) is 6.08. The number of esters is 1. The Hall–Kier alpha value is -3.02. The molecule has 33 heavy (non-hydrogen) atoms. The molecule has 2 heterocycles. The molecule has 0 spiro atoms. The molecule has 0 saturated carbocycles. The topological polar surface area (TPSA) is 65.1 Å². The Morgan fingerprint density at radius 3 is 2.33 bits per heavy atom. The van der Waals surface area contributed by atoms with Gasteiger partial charge < -0.3 is 19.1 Å². The summed E-state index contributed by atoms with van der Waals surface area (Å²) < 4.78 is 16.8. The molecule has 0 N–H and O–H groups in total. The summed E-state index contributed by atoms with van der Waals surface area (Å²) in [4.78, 5) is 27.6. The highest BCUT2D eigenvalue weighted by Gasteiger charge is 2.53. The second kappa shape index (κ2) is 9.46. The quantitative estimate of drug-likeness (QED) is 0.577. The van der Waals surface area contributed by atoms with Crippen LogP contribution >= 0.6 is 0 Å². The van der Waals surface area contributed by atoms with E-state index in [-0.39, 0.29) is 30.1 Å². The third-order valence-corrected chi connectivity index (χ3v) is 6.55. The van der Waals surface area contributed by atoms with Gasteiger partial charge in [-0.25, -0.2) is 4.79 Å². The van der Waals surface area contributed by atoms with E-state index in [9.17, 15) is 9.59 Å². The number of ether oxygens (including phenoxy) is 3. The summed E-state index contributed by atoms with van der Waals surface area (Å²) in [5, 5.41) is 0. The van der Waals surface area contributed by atoms with Crippen LogP contribution < -0.4 is 4.74 Å². The molecule has 4 atom stereocenters. The number of benzene rings is 2. The van der Waals surface area contributed by atoms with E-state index in [0.29, 0.717) is 13.0 Å². The van der Waals surface area contributed by atoms with Crippen LogP contribution in [0.5, 0.6) is 5.75 Å². The van der Waals surface area contributed by atoms with Crippen LogP contribution in [0.3, 0.4) is 0 Å². The number of nitrogens with zero attached hydrogens (tertiary/aromatic N) is 1. The van der Waals surface area contributed by atoms with Crippen LogP contribution in [0.4, 0.5) is 4.79 Å². The molecular weight excluding hydrogens is 418 g/mol. The largest absolute Gasteiger partial charge is 0.489 e. The zero-order valence-electron chi connectivity index (χ0n) is 19.8. The van der Waals surface area contributed by atoms with Gasteiger partial charge in [-0.05, 0) is 63.3 Å². The number of rotatable bonds is 5. The van der Waals surface area contributed by atoms with E-state index < -0.39 is 11.5 Å². The number of carbonyl (C=O) groups excluding carboxylic acids is 2. The Morgan fingerprint density at radius 1 is 1.00 bits per heavy atom. The molecule has 2 aliphatic heterocycles. The van der Waals surface area contributed by atoms with Crippen molar-refractivity contribution in [1.29, 1.82) is 0 Å². The van der Waals surface area contributed by atoms with Gasteiger partial charge in [0.05, 0.1) is 13.0 Å². The van der Waals surface area contributed by atoms with Gasteiger partial charge in [-0.3, -0.25) is 4.79 Å². The molecule has 6 heteroatoms. The maximum atomic E-state index is 12.9. The molecule has 2 aromatic rings. The highest BCUT2D eigenvalue weighted by Crippen LogP contribution is 2.48. The zero-order valence-corrected chi connectivity index (χ0v) is 19.8. The van der Waals surface area contributed by atoms with Crippen molar-refractivity contribution in [2.75, 3.05) is 7.11 Å². The number of fused-ring (bicyclic) bond motifs is 2. The maximum absolute atomic E-state index is 12.9. The molecule has 4 rings (SSSR count). The smallest absolute Gasteiger partial charge is 0.410 e. The molecule has 0 aliphatic carbocycles. The predicted octanol–water partition coefficient (Wildman–Crippen LogP) is 5.31. The Labute approximate surface area is 195 Å². The predicted molar refractivity (Wildman–Crippen MR) is 125 cm³/mol. The molecule has 0 aromatic heterocycles. The monoisotopic (exact) mass is 451 g/mol. The molecule has 1 amide bonds. The lowest BCUT2D eigenvalue weighted by Gasteiger charge is -2.43. The molecule has 2 saturated heterocycles. The van der Waals surface area contributed by atoms with Crippen LogP contribution in [0.15, 0.2) is 54.6 Å². The zero-order chi connectivity index (χ0) is 23.6. The van der Waals surface area contributed by atoms with E-state index in [1.54, 1.807) is 4.90 Å². The molecule has 6 nitrogen and oxygen atoms in total. The van der Waals surface area contributed by atoms with Crippen molar-refractivity contribution in [3.63, 3.8) is 0 Å². The van der Waals surface area contributed by atoms with E-state index in [2.05, 4.69) is 0 Å². The van der Waals surface area contributed by atoms with E-state index in [1.165, 1.54) is 7.11 Å². The summed E-state index contributed by atoms with van der Waals surface area (Å²) in [6, 6.07) is 17.8. The van der Waals surface area contributed by atoms with Crippen molar-refractivity contribution in [3.8, 4) is 5.75 Å². The van der Waals surface area contributed by atoms with Crippen LogP contribution in [0.25, 0.3) is 0 Å². The van der Waals surface area contributed by atoms with Crippen LogP contribution in [-0.2, 0) is 20.9 Å². The van der Waals surface area contributed by atoms with Crippen LogP contribution in [0.1, 0.15) is 57.1 Å². The fraction of sp³-hybridized carbons (Fsp3) is 0.481. The van der Waals surface area contributed by atoms with E-state index in [4.69, 9.17) is 14.2 Å². The maximum Gasteiger partial charge on any atom is 0.410 e. The van der Waals surface area contributed by atoms with Crippen LogP contribution in [0, 0.1) is 5.92 Å². The molecule has 0 radical (unpaired) electrons. The first-order valence-corrected chi connectivity index (χ1v) is 11.6. The SMILES string of the molecule is COC(=O)C1C(c2ccc(OCc3ccccc3)cc2)CC2CCC1N2C(=O)OC(C)(C)C. The van der Waals surface area contributed by atoms with Gasteiger partial charge in [0, 0.05) is 18.0 Å². The Morgan fingerprint density at radius 2 is 1.70 bits per heavy atom. The minimum atomic E-state index is -0.580. The third-order valence-electron chi connectivity index (χ3n) is 6.55. The van der Waals surface area contributed by atoms with E-state index in [0.717, 1.165) is 29.7 Å². The summed E-state index contributed by atoms with van der Waals surface area (Å²) in [6.07, 6.45) is 2.01. The first kappa shape index (κ1) is 23.1. The van der Waals surface area contributed by atoms with Gasteiger partial charge >= 0.3 is 12.1 Å². The van der Waals surface area contributed by atoms with Crippen molar-refractivity contribution < 1.29 is 23.8 Å². The van der Waals surface area contributed by atoms with E-state index >= 15 is 0 Å². The van der Waals surface area contributed by atoms with Crippen molar-refractivity contribution in [3.05, 3.63) is 65.7 Å². The fourth-order valence-corrected chi connectivity index (χ4v) is 5.16. The average molecular weight is 452 g/mol. The van der Waals surface area contributed by atoms with E-state index in [1.807, 2.05) is 75.4 Å². The second-order valence-electron chi connectivity index (χ2n) is 9.92. The number of hydrogen-bond acceptors (Lipinski definition) is 5. The van der Waals surface area contributed by atoms with Crippen molar-refractivity contribution in [2.24, 2.45) is 5.92 Å². The second-order valence-corrected chi connectivity index (χ2v) is 9.92. The Bertz CT molecular complexity index is 966. The molecule has 4 unspecified atom stereocenters.